The smallest absolute Gasteiger partial charge is 0.269 e. The van der Waals surface area contributed by atoms with Gasteiger partial charge in [0.1, 0.15) is 11.6 Å². The molecule has 1 aromatic heterocycles. The van der Waals surface area contributed by atoms with Crippen LogP contribution in [0.2, 0.25) is 10.0 Å². The number of aromatic hydroxyl groups is 1. The zero-order valence-electron chi connectivity index (χ0n) is 20.0. The molecule has 38 heavy (non-hydrogen) atoms. The van der Waals surface area contributed by atoms with Crippen LogP contribution < -0.4 is 0 Å². The molecule has 6 nitrogen and oxygen atoms in total. The number of imidazole rings is 1. The molecule has 4 aromatic carbocycles. The van der Waals surface area contributed by atoms with Gasteiger partial charge in [-0.1, -0.05) is 77.8 Å². The Kier molecular flexibility index (Phi) is 7.26. The summed E-state index contributed by atoms with van der Waals surface area (Å²) < 4.78 is 1.97. The average molecular weight is 542 g/mol. The van der Waals surface area contributed by atoms with Crippen LogP contribution in [0.15, 0.2) is 97.2 Å². The van der Waals surface area contributed by atoms with Gasteiger partial charge in [0.15, 0.2) is 0 Å². The summed E-state index contributed by atoms with van der Waals surface area (Å²) in [6, 6.07) is 26.8. The minimum Gasteiger partial charge on any atom is -0.508 e. The number of phenols is 1. The van der Waals surface area contributed by atoms with Crippen LogP contribution in [0.5, 0.6) is 5.75 Å². The maximum atomic E-state index is 11.0. The topological polar surface area (TPSA) is 81.2 Å². The van der Waals surface area contributed by atoms with E-state index in [0.29, 0.717) is 28.1 Å². The van der Waals surface area contributed by atoms with Crippen molar-refractivity contribution in [3.63, 3.8) is 0 Å². The molecule has 0 saturated heterocycles. The zero-order chi connectivity index (χ0) is 26.6. The summed E-state index contributed by atoms with van der Waals surface area (Å²) in [5.74, 6) is 0.921. The highest BCUT2D eigenvalue weighted by molar-refractivity contribution is 6.36. The quantitative estimate of drug-likeness (QED) is 0.166. The number of nitro groups is 1. The number of rotatable bonds is 7. The lowest BCUT2D eigenvalue weighted by atomic mass is 10.0. The summed E-state index contributed by atoms with van der Waals surface area (Å²) >= 11 is 12.5. The molecule has 0 radical (unpaired) electrons. The van der Waals surface area contributed by atoms with Crippen molar-refractivity contribution in [3.8, 4) is 28.1 Å². The minimum absolute atomic E-state index is 0.0438. The number of nitro benzene ring substituents is 1. The number of aromatic nitrogens is 2. The lowest BCUT2D eigenvalue weighted by molar-refractivity contribution is -0.384. The number of non-ortho nitro benzene ring substituents is 1. The molecule has 0 aliphatic carbocycles. The normalized spacial score (nSPS) is 11.2. The summed E-state index contributed by atoms with van der Waals surface area (Å²) in [5, 5.41) is 21.8. The fourth-order valence-electron chi connectivity index (χ4n) is 4.08. The first-order valence-corrected chi connectivity index (χ1v) is 12.4. The Labute approximate surface area is 229 Å². The Morgan fingerprint density at radius 1 is 0.895 bits per heavy atom. The Morgan fingerprint density at radius 3 is 2.34 bits per heavy atom. The maximum absolute atomic E-state index is 11.0. The summed E-state index contributed by atoms with van der Waals surface area (Å²) in [7, 11) is 0. The van der Waals surface area contributed by atoms with Gasteiger partial charge >= 0.3 is 0 Å². The molecule has 1 heterocycles. The van der Waals surface area contributed by atoms with Gasteiger partial charge in [-0.05, 0) is 58.7 Å². The third-order valence-corrected chi connectivity index (χ3v) is 6.58. The van der Waals surface area contributed by atoms with Gasteiger partial charge in [-0.15, -0.1) is 0 Å². The minimum atomic E-state index is -0.415. The van der Waals surface area contributed by atoms with E-state index in [1.54, 1.807) is 36.4 Å². The fourth-order valence-corrected chi connectivity index (χ4v) is 4.58. The van der Waals surface area contributed by atoms with Gasteiger partial charge in [-0.2, -0.15) is 0 Å². The second-order valence-electron chi connectivity index (χ2n) is 8.67. The van der Waals surface area contributed by atoms with E-state index in [0.717, 1.165) is 27.8 Å². The van der Waals surface area contributed by atoms with Crippen molar-refractivity contribution >= 4 is 41.0 Å². The van der Waals surface area contributed by atoms with E-state index in [-0.39, 0.29) is 11.4 Å². The van der Waals surface area contributed by atoms with Crippen LogP contribution in [-0.2, 0) is 6.54 Å². The Morgan fingerprint density at radius 2 is 1.66 bits per heavy atom. The summed E-state index contributed by atoms with van der Waals surface area (Å²) in [6.45, 7) is 0.465. The van der Waals surface area contributed by atoms with Gasteiger partial charge in [-0.3, -0.25) is 10.1 Å². The third kappa shape index (κ3) is 5.78. The Bertz CT molecular complexity index is 1640. The van der Waals surface area contributed by atoms with Crippen LogP contribution >= 0.6 is 23.2 Å². The molecule has 8 heteroatoms. The molecule has 5 aromatic rings. The highest BCUT2D eigenvalue weighted by Gasteiger charge is 2.13. The molecule has 0 spiro atoms. The number of nitrogens with zero attached hydrogens (tertiary/aromatic N) is 3. The van der Waals surface area contributed by atoms with Crippen molar-refractivity contribution in [2.45, 2.75) is 6.54 Å². The van der Waals surface area contributed by atoms with Crippen molar-refractivity contribution in [1.82, 2.24) is 9.55 Å². The zero-order valence-corrected chi connectivity index (χ0v) is 21.5. The molecule has 1 N–H and O–H groups in total. The first-order valence-electron chi connectivity index (χ1n) is 11.7. The molecule has 188 valence electrons. The summed E-state index contributed by atoms with van der Waals surface area (Å²) in [5.41, 5.74) is 5.29. The van der Waals surface area contributed by atoms with Gasteiger partial charge in [-0.25, -0.2) is 4.98 Å². The summed E-state index contributed by atoms with van der Waals surface area (Å²) in [6.07, 6.45) is 5.79. The molecular formula is C30H21Cl2N3O3. The largest absolute Gasteiger partial charge is 0.508 e. The van der Waals surface area contributed by atoms with Gasteiger partial charge in [0.25, 0.3) is 5.69 Å². The molecule has 0 aliphatic rings. The fraction of sp³-hybridized carbons (Fsp3) is 0.0333. The second kappa shape index (κ2) is 10.9. The molecule has 0 fully saturated rings. The van der Waals surface area contributed by atoms with E-state index >= 15 is 0 Å². The highest BCUT2D eigenvalue weighted by Crippen LogP contribution is 2.31. The second-order valence-corrected chi connectivity index (χ2v) is 9.51. The molecule has 0 atom stereocenters. The van der Waals surface area contributed by atoms with Crippen molar-refractivity contribution < 1.29 is 10.0 Å². The molecule has 0 amide bonds. The van der Waals surface area contributed by atoms with Gasteiger partial charge < -0.3 is 9.67 Å². The van der Waals surface area contributed by atoms with Crippen LogP contribution in [0, 0.1) is 10.1 Å². The van der Waals surface area contributed by atoms with Crippen molar-refractivity contribution in [2.24, 2.45) is 0 Å². The lowest BCUT2D eigenvalue weighted by Crippen LogP contribution is -2.01. The van der Waals surface area contributed by atoms with Crippen molar-refractivity contribution in [2.75, 3.05) is 0 Å². The molecule has 0 saturated carbocycles. The molecule has 5 rings (SSSR count). The van der Waals surface area contributed by atoms with Gasteiger partial charge in [0.05, 0.1) is 15.6 Å². The average Bonchev–Trinajstić information content (AvgIpc) is 3.30. The van der Waals surface area contributed by atoms with Crippen LogP contribution in [-0.4, -0.2) is 19.6 Å². The third-order valence-electron chi connectivity index (χ3n) is 6.03. The van der Waals surface area contributed by atoms with Gasteiger partial charge in [0.2, 0.25) is 0 Å². The SMILES string of the molecule is O=[N+]([O-])c1ccc(Cn2cc(-c3ccc(Cl)cc3Cl)nc2/C=C/c2ccc(-c3cccc(O)c3)cc2)cc1. The standard InChI is InChI=1S/C30H21Cl2N3O3/c31-24-11-14-27(28(32)17-24)29-19-34(18-21-6-12-25(13-7-21)35(37)38)30(33-29)15-8-20-4-9-22(10-5-20)23-2-1-3-26(36)16-23/h1-17,19,36H,18H2/b15-8+. The van der Waals surface area contributed by atoms with E-state index in [9.17, 15) is 15.2 Å². The number of halogens is 2. The summed E-state index contributed by atoms with van der Waals surface area (Å²) in [4.78, 5) is 15.4. The van der Waals surface area contributed by atoms with Crippen LogP contribution in [0.1, 0.15) is 17.0 Å². The predicted molar refractivity (Wildman–Crippen MR) is 152 cm³/mol. The van der Waals surface area contributed by atoms with E-state index in [4.69, 9.17) is 28.2 Å². The van der Waals surface area contributed by atoms with Crippen LogP contribution in [0.25, 0.3) is 34.5 Å². The van der Waals surface area contributed by atoms with E-state index in [1.807, 2.05) is 65.4 Å². The van der Waals surface area contributed by atoms with Crippen molar-refractivity contribution in [3.05, 3.63) is 134 Å². The number of benzene rings is 4. The van der Waals surface area contributed by atoms with E-state index in [1.165, 1.54) is 12.1 Å². The van der Waals surface area contributed by atoms with Crippen LogP contribution in [0.4, 0.5) is 5.69 Å². The Hall–Kier alpha value is -4.39. The molecular weight excluding hydrogens is 521 g/mol. The monoisotopic (exact) mass is 541 g/mol. The number of phenolic OH excluding ortho intramolecular Hbond substituents is 1. The number of hydrogen-bond donors (Lipinski definition) is 1. The van der Waals surface area contributed by atoms with Crippen molar-refractivity contribution in [1.29, 1.82) is 0 Å². The molecule has 0 unspecified atom stereocenters. The van der Waals surface area contributed by atoms with E-state index in [2.05, 4.69) is 0 Å². The first kappa shape index (κ1) is 25.3. The van der Waals surface area contributed by atoms with E-state index < -0.39 is 4.92 Å². The maximum Gasteiger partial charge on any atom is 0.269 e. The molecule has 0 bridgehead atoms. The molecule has 0 aliphatic heterocycles. The Balaban J connectivity index is 1.46. The highest BCUT2D eigenvalue weighted by atomic mass is 35.5. The van der Waals surface area contributed by atoms with Crippen LogP contribution in [0.3, 0.4) is 0 Å². The number of hydrogen-bond acceptors (Lipinski definition) is 4. The lowest BCUT2D eigenvalue weighted by Gasteiger charge is -2.06. The van der Waals surface area contributed by atoms with Gasteiger partial charge in [0, 0.05) is 35.5 Å². The first-order chi connectivity index (χ1) is 18.4. The predicted octanol–water partition coefficient (Wildman–Crippen LogP) is 8.36.